The minimum atomic E-state index is -1.31. The number of rotatable bonds is 4. The Labute approximate surface area is 246 Å². The van der Waals surface area contributed by atoms with Crippen LogP contribution < -0.4 is 5.32 Å². The number of H-pyrrole nitrogens is 1. The van der Waals surface area contributed by atoms with E-state index in [1.165, 1.54) is 6.07 Å². The van der Waals surface area contributed by atoms with Crippen molar-refractivity contribution in [3.05, 3.63) is 98.8 Å². The van der Waals surface area contributed by atoms with E-state index in [-0.39, 0.29) is 35.3 Å². The van der Waals surface area contributed by atoms with Gasteiger partial charge >= 0.3 is 0 Å². The highest BCUT2D eigenvalue weighted by atomic mass is 35.5. The van der Waals surface area contributed by atoms with E-state index in [0.29, 0.717) is 27.7 Å². The number of halogens is 1. The molecule has 10 heteroatoms. The normalized spacial score (nSPS) is 29.8. The van der Waals surface area contributed by atoms with Gasteiger partial charge in [-0.3, -0.25) is 24.6 Å². The average Bonchev–Trinajstić information content (AvgIpc) is 3.72. The SMILES string of the molecule is O=C(c1nc2ccccc2[nH]1)C1C(c2cccc([N+](=O)[O-])c2)C2CC3CCCCC3N2[C@@]12C(=O)Nc1cc(Cl)ccc12. The Bertz CT molecular complexity index is 1770. The monoisotopic (exact) mass is 581 g/mol. The summed E-state index contributed by atoms with van der Waals surface area (Å²) < 4.78 is 0. The highest BCUT2D eigenvalue weighted by Gasteiger charge is 2.72. The van der Waals surface area contributed by atoms with Crippen LogP contribution in [0.5, 0.6) is 0 Å². The molecule has 212 valence electrons. The second-order valence-corrected chi connectivity index (χ2v) is 12.5. The maximum Gasteiger partial charge on any atom is 0.269 e. The molecule has 8 rings (SSSR count). The molecule has 42 heavy (non-hydrogen) atoms. The molecule has 5 unspecified atom stereocenters. The van der Waals surface area contributed by atoms with Crippen LogP contribution >= 0.6 is 11.6 Å². The van der Waals surface area contributed by atoms with E-state index >= 15 is 0 Å². The van der Waals surface area contributed by atoms with Crippen LogP contribution in [0.25, 0.3) is 11.0 Å². The molecule has 2 saturated heterocycles. The molecule has 0 bridgehead atoms. The van der Waals surface area contributed by atoms with Gasteiger partial charge in [0.25, 0.3) is 5.69 Å². The van der Waals surface area contributed by atoms with E-state index in [1.807, 2.05) is 36.4 Å². The van der Waals surface area contributed by atoms with Crippen molar-refractivity contribution in [3.8, 4) is 0 Å². The lowest BCUT2D eigenvalue weighted by molar-refractivity contribution is -0.384. The fraction of sp³-hybridized carbons (Fsp3) is 0.344. The molecule has 3 aromatic carbocycles. The smallest absolute Gasteiger partial charge is 0.269 e. The summed E-state index contributed by atoms with van der Waals surface area (Å²) in [5.41, 5.74) is 2.08. The van der Waals surface area contributed by atoms with E-state index < -0.39 is 22.3 Å². The fourth-order valence-corrected chi connectivity index (χ4v) is 8.84. The van der Waals surface area contributed by atoms with Crippen molar-refractivity contribution >= 4 is 45.7 Å². The number of aromatic nitrogens is 2. The number of fused-ring (bicyclic) bond motifs is 7. The third-order valence-electron chi connectivity index (χ3n) is 10.1. The van der Waals surface area contributed by atoms with Crippen LogP contribution in [0.3, 0.4) is 0 Å². The quantitative estimate of drug-likeness (QED) is 0.168. The molecule has 0 radical (unpaired) electrons. The summed E-state index contributed by atoms with van der Waals surface area (Å²) in [5.74, 6) is -1.31. The molecule has 6 atom stereocenters. The first-order valence-electron chi connectivity index (χ1n) is 14.5. The molecule has 4 heterocycles. The standard InChI is InChI=1S/C32H28ClN5O4/c33-19-12-13-21-24(16-19)36-31(40)32(21)28(29(39)30-34-22-9-2-3-10-23(22)35-30)27(18-7-5-8-20(14-18)38(41)42)26-15-17-6-1-4-11-25(17)37(26)32/h2-3,5,7-10,12-14,16-17,25-28H,1,4,6,11,15H2,(H,34,35)(H,36,40)/t17?,25?,26?,27?,28?,32-/m1/s1. The molecule has 3 fully saturated rings. The molecule has 4 aliphatic rings. The van der Waals surface area contributed by atoms with E-state index in [4.69, 9.17) is 11.6 Å². The van der Waals surface area contributed by atoms with Crippen LogP contribution in [-0.4, -0.2) is 43.6 Å². The van der Waals surface area contributed by atoms with Crippen molar-refractivity contribution < 1.29 is 14.5 Å². The number of ketones is 1. The lowest BCUT2D eigenvalue weighted by Crippen LogP contribution is -2.56. The van der Waals surface area contributed by atoms with Crippen LogP contribution in [0.1, 0.15) is 59.8 Å². The van der Waals surface area contributed by atoms with Crippen molar-refractivity contribution in [2.75, 3.05) is 5.32 Å². The number of benzene rings is 3. The van der Waals surface area contributed by atoms with Crippen molar-refractivity contribution in [1.82, 2.24) is 14.9 Å². The molecule has 1 saturated carbocycles. The number of nitrogens with zero attached hydrogens (tertiary/aromatic N) is 3. The predicted molar refractivity (Wildman–Crippen MR) is 158 cm³/mol. The highest BCUT2D eigenvalue weighted by molar-refractivity contribution is 6.31. The lowest BCUT2D eigenvalue weighted by Gasteiger charge is -2.42. The van der Waals surface area contributed by atoms with Crippen LogP contribution in [0, 0.1) is 22.0 Å². The van der Waals surface area contributed by atoms with E-state index in [2.05, 4.69) is 20.2 Å². The van der Waals surface area contributed by atoms with Gasteiger partial charge in [0.1, 0.15) is 5.54 Å². The van der Waals surface area contributed by atoms with Gasteiger partial charge in [0.15, 0.2) is 5.82 Å². The fourth-order valence-electron chi connectivity index (χ4n) is 8.67. The second-order valence-electron chi connectivity index (χ2n) is 12.1. The summed E-state index contributed by atoms with van der Waals surface area (Å²) in [6.45, 7) is 0. The van der Waals surface area contributed by atoms with Gasteiger partial charge in [-0.25, -0.2) is 4.98 Å². The van der Waals surface area contributed by atoms with E-state index in [0.717, 1.165) is 43.2 Å². The number of amides is 1. The summed E-state index contributed by atoms with van der Waals surface area (Å²) in [5, 5.41) is 15.5. The number of nitro groups is 1. The number of nitrogens with one attached hydrogen (secondary N) is 2. The number of nitro benzene ring substituents is 1. The Morgan fingerprint density at radius 1 is 1.05 bits per heavy atom. The Kier molecular flexibility index (Phi) is 5.62. The first-order valence-corrected chi connectivity index (χ1v) is 14.9. The maximum absolute atomic E-state index is 14.9. The number of anilines is 1. The van der Waals surface area contributed by atoms with Gasteiger partial charge in [-0.2, -0.15) is 0 Å². The summed E-state index contributed by atoms with van der Waals surface area (Å²) in [6, 6.07) is 19.4. The number of non-ortho nitro benzene ring substituents is 1. The molecular weight excluding hydrogens is 554 g/mol. The molecule has 1 aromatic heterocycles. The minimum absolute atomic E-state index is 0.0339. The molecule has 3 aliphatic heterocycles. The summed E-state index contributed by atoms with van der Waals surface area (Å²) >= 11 is 6.39. The van der Waals surface area contributed by atoms with Gasteiger partial charge in [-0.1, -0.05) is 54.8 Å². The summed E-state index contributed by atoms with van der Waals surface area (Å²) in [6.07, 6.45) is 5.01. The van der Waals surface area contributed by atoms with Crippen LogP contribution in [0.2, 0.25) is 5.02 Å². The molecule has 9 nitrogen and oxygen atoms in total. The zero-order chi connectivity index (χ0) is 28.7. The zero-order valence-corrected chi connectivity index (χ0v) is 23.4. The molecular formula is C32H28ClN5O4. The number of hydrogen-bond donors (Lipinski definition) is 2. The number of para-hydroxylation sites is 2. The molecule has 1 spiro atoms. The Balaban J connectivity index is 1.40. The molecule has 4 aromatic rings. The number of imidazole rings is 1. The molecule has 1 aliphatic carbocycles. The Hall–Kier alpha value is -4.08. The van der Waals surface area contributed by atoms with Gasteiger partial charge in [-0.05, 0) is 55.0 Å². The first kappa shape index (κ1) is 25.6. The van der Waals surface area contributed by atoms with Crippen molar-refractivity contribution in [3.63, 3.8) is 0 Å². The number of carbonyl (C=O) groups excluding carboxylic acids is 2. The van der Waals surface area contributed by atoms with Crippen LogP contribution in [-0.2, 0) is 10.3 Å². The van der Waals surface area contributed by atoms with Crippen molar-refractivity contribution in [2.24, 2.45) is 11.8 Å². The number of aromatic amines is 1. The lowest BCUT2D eigenvalue weighted by atomic mass is 9.68. The number of hydrogen-bond acceptors (Lipinski definition) is 6. The van der Waals surface area contributed by atoms with Crippen molar-refractivity contribution in [1.29, 1.82) is 0 Å². The van der Waals surface area contributed by atoms with E-state index in [1.54, 1.807) is 24.3 Å². The largest absolute Gasteiger partial charge is 0.335 e. The Morgan fingerprint density at radius 2 is 1.88 bits per heavy atom. The maximum atomic E-state index is 14.9. The predicted octanol–water partition coefficient (Wildman–Crippen LogP) is 6.20. The van der Waals surface area contributed by atoms with Crippen LogP contribution in [0.4, 0.5) is 11.4 Å². The third kappa shape index (κ3) is 3.44. The summed E-state index contributed by atoms with van der Waals surface area (Å²) in [4.78, 5) is 51.2. The highest BCUT2D eigenvalue weighted by Crippen LogP contribution is 2.64. The van der Waals surface area contributed by atoms with Gasteiger partial charge in [-0.15, -0.1) is 0 Å². The molecule has 2 N–H and O–H groups in total. The van der Waals surface area contributed by atoms with Crippen molar-refractivity contribution in [2.45, 2.75) is 55.6 Å². The van der Waals surface area contributed by atoms with Gasteiger partial charge in [0.2, 0.25) is 11.7 Å². The Morgan fingerprint density at radius 3 is 2.71 bits per heavy atom. The first-order chi connectivity index (χ1) is 20.4. The zero-order valence-electron chi connectivity index (χ0n) is 22.6. The molecule has 1 amide bonds. The average molecular weight is 582 g/mol. The topological polar surface area (TPSA) is 121 Å². The van der Waals surface area contributed by atoms with Gasteiger partial charge < -0.3 is 10.3 Å². The van der Waals surface area contributed by atoms with Crippen LogP contribution in [0.15, 0.2) is 66.7 Å². The second kappa shape index (κ2) is 9.21. The minimum Gasteiger partial charge on any atom is -0.335 e. The number of carbonyl (C=O) groups is 2. The number of Topliss-reactive ketones (excluding diaryl/α,β-unsaturated/α-hetero) is 1. The third-order valence-corrected chi connectivity index (χ3v) is 10.4. The van der Waals surface area contributed by atoms with Gasteiger partial charge in [0.05, 0.1) is 21.9 Å². The summed E-state index contributed by atoms with van der Waals surface area (Å²) in [7, 11) is 0. The van der Waals surface area contributed by atoms with Gasteiger partial charge in [0, 0.05) is 46.4 Å². The van der Waals surface area contributed by atoms with E-state index in [9.17, 15) is 19.7 Å².